The van der Waals surface area contributed by atoms with E-state index in [9.17, 15) is 9.59 Å². The maximum Gasteiger partial charge on any atom is 0.341 e. The molecule has 2 aromatic heterocycles. The molecule has 178 valence electrons. The minimum Gasteiger partial charge on any atom is -0.486 e. The number of anilines is 1. The van der Waals surface area contributed by atoms with Crippen LogP contribution in [0.3, 0.4) is 0 Å². The van der Waals surface area contributed by atoms with Gasteiger partial charge in [-0.15, -0.1) is 11.3 Å². The largest absolute Gasteiger partial charge is 0.486 e. The van der Waals surface area contributed by atoms with E-state index in [-0.39, 0.29) is 25.3 Å². The molecule has 9 heteroatoms. The maximum absolute atomic E-state index is 12.9. The summed E-state index contributed by atoms with van der Waals surface area (Å²) >= 11 is 1.44. The smallest absolute Gasteiger partial charge is 0.341 e. The van der Waals surface area contributed by atoms with Gasteiger partial charge in [0.25, 0.3) is 5.91 Å². The summed E-state index contributed by atoms with van der Waals surface area (Å²) in [4.78, 5) is 26.8. The van der Waals surface area contributed by atoms with Gasteiger partial charge in [-0.3, -0.25) is 4.79 Å². The number of amides is 1. The van der Waals surface area contributed by atoms with Crippen LogP contribution in [0.25, 0.3) is 0 Å². The summed E-state index contributed by atoms with van der Waals surface area (Å²) < 4.78 is 27.5. The van der Waals surface area contributed by atoms with Gasteiger partial charge in [0.05, 0.1) is 11.7 Å². The van der Waals surface area contributed by atoms with Crippen molar-refractivity contribution in [3.8, 4) is 17.2 Å². The van der Waals surface area contributed by atoms with Crippen LogP contribution in [0.15, 0.2) is 34.7 Å². The third kappa shape index (κ3) is 4.61. The number of furan rings is 1. The monoisotopic (exact) mass is 483 g/mol. The number of hydrogen-bond acceptors (Lipinski definition) is 8. The number of benzene rings is 1. The summed E-state index contributed by atoms with van der Waals surface area (Å²) in [6.07, 6.45) is 3.56. The zero-order chi connectivity index (χ0) is 23.7. The third-order valence-electron chi connectivity index (χ3n) is 5.56. The highest BCUT2D eigenvalue weighted by Crippen LogP contribution is 2.39. The molecule has 0 atom stereocenters. The lowest BCUT2D eigenvalue weighted by molar-refractivity contribution is 0.0378. The zero-order valence-electron chi connectivity index (χ0n) is 19.0. The van der Waals surface area contributed by atoms with E-state index in [0.717, 1.165) is 36.1 Å². The number of esters is 1. The molecule has 0 saturated carbocycles. The summed E-state index contributed by atoms with van der Waals surface area (Å²) in [5, 5.41) is 3.38. The van der Waals surface area contributed by atoms with Crippen LogP contribution >= 0.6 is 11.3 Å². The van der Waals surface area contributed by atoms with Crippen LogP contribution in [0.2, 0.25) is 0 Å². The molecule has 0 saturated heterocycles. The molecule has 34 heavy (non-hydrogen) atoms. The van der Waals surface area contributed by atoms with E-state index < -0.39 is 11.9 Å². The SMILES string of the molecule is CC(C)OC(=O)c1c(NC(=O)c2ccc(COc3ccc4c(c3)OCO4)o2)sc2c1CCCC2. The van der Waals surface area contributed by atoms with Crippen molar-refractivity contribution in [1.82, 2.24) is 0 Å². The maximum atomic E-state index is 12.9. The van der Waals surface area contributed by atoms with Crippen LogP contribution in [0.5, 0.6) is 17.2 Å². The molecule has 1 aliphatic carbocycles. The van der Waals surface area contributed by atoms with Crippen molar-refractivity contribution in [2.24, 2.45) is 0 Å². The zero-order valence-corrected chi connectivity index (χ0v) is 19.8. The predicted octanol–water partition coefficient (Wildman–Crippen LogP) is 5.35. The Hall–Kier alpha value is -3.46. The second-order valence-corrected chi connectivity index (χ2v) is 9.50. The van der Waals surface area contributed by atoms with Crippen LogP contribution in [0, 0.1) is 0 Å². The van der Waals surface area contributed by atoms with Gasteiger partial charge in [0.15, 0.2) is 17.3 Å². The average Bonchev–Trinajstić information content (AvgIpc) is 3.54. The van der Waals surface area contributed by atoms with Gasteiger partial charge in [-0.2, -0.15) is 0 Å². The average molecular weight is 484 g/mol. The van der Waals surface area contributed by atoms with Crippen LogP contribution in [0.1, 0.15) is 63.8 Å². The Balaban J connectivity index is 1.28. The topological polar surface area (TPSA) is 96.2 Å². The number of carbonyl (C=O) groups excluding carboxylic acids is 2. The lowest BCUT2D eigenvalue weighted by Crippen LogP contribution is -2.17. The van der Waals surface area contributed by atoms with Gasteiger partial charge in [0, 0.05) is 10.9 Å². The van der Waals surface area contributed by atoms with Crippen LogP contribution < -0.4 is 19.5 Å². The van der Waals surface area contributed by atoms with Crippen molar-refractivity contribution in [3.05, 3.63) is 57.9 Å². The molecule has 5 rings (SSSR count). The molecular weight excluding hydrogens is 458 g/mol. The summed E-state index contributed by atoms with van der Waals surface area (Å²) in [6, 6.07) is 8.58. The number of fused-ring (bicyclic) bond motifs is 2. The quantitative estimate of drug-likeness (QED) is 0.453. The molecule has 8 nitrogen and oxygen atoms in total. The van der Waals surface area contributed by atoms with Crippen LogP contribution in [-0.4, -0.2) is 24.8 Å². The van der Waals surface area contributed by atoms with Crippen LogP contribution in [-0.2, 0) is 24.2 Å². The lowest BCUT2D eigenvalue weighted by atomic mass is 9.95. The normalized spacial score (nSPS) is 14.1. The molecule has 0 radical (unpaired) electrons. The van der Waals surface area contributed by atoms with E-state index in [1.54, 1.807) is 30.3 Å². The minimum absolute atomic E-state index is 0.138. The van der Waals surface area contributed by atoms with E-state index >= 15 is 0 Å². The number of hydrogen-bond donors (Lipinski definition) is 1. The minimum atomic E-state index is -0.425. The van der Waals surface area contributed by atoms with Gasteiger partial charge >= 0.3 is 5.97 Å². The summed E-state index contributed by atoms with van der Waals surface area (Å²) in [5.74, 6) is 1.71. The fourth-order valence-corrected chi connectivity index (χ4v) is 5.28. The number of thiophene rings is 1. The van der Waals surface area contributed by atoms with E-state index in [4.69, 9.17) is 23.4 Å². The predicted molar refractivity (Wildman–Crippen MR) is 125 cm³/mol. The fraction of sp³-hybridized carbons (Fsp3) is 0.360. The second kappa shape index (κ2) is 9.42. The van der Waals surface area contributed by atoms with E-state index in [1.807, 2.05) is 13.8 Å². The molecule has 0 spiro atoms. The Kier molecular flexibility index (Phi) is 6.19. The van der Waals surface area contributed by atoms with Crippen LogP contribution in [0.4, 0.5) is 5.00 Å². The lowest BCUT2D eigenvalue weighted by Gasteiger charge is -2.14. The summed E-state index contributed by atoms with van der Waals surface area (Å²) in [5.41, 5.74) is 1.47. The first kappa shape index (κ1) is 22.3. The van der Waals surface area contributed by atoms with Crippen molar-refractivity contribution in [2.75, 3.05) is 12.1 Å². The molecule has 3 aromatic rings. The molecule has 0 bridgehead atoms. The van der Waals surface area contributed by atoms with Crippen molar-refractivity contribution in [1.29, 1.82) is 0 Å². The first-order valence-corrected chi connectivity index (χ1v) is 12.1. The van der Waals surface area contributed by atoms with Gasteiger partial charge in [0.2, 0.25) is 6.79 Å². The van der Waals surface area contributed by atoms with Crippen molar-refractivity contribution >= 4 is 28.2 Å². The molecule has 0 unspecified atom stereocenters. The molecule has 2 aliphatic rings. The fourth-order valence-electron chi connectivity index (χ4n) is 4.01. The van der Waals surface area contributed by atoms with Crippen molar-refractivity contribution in [2.45, 2.75) is 52.2 Å². The Labute approximate surface area is 200 Å². The van der Waals surface area contributed by atoms with E-state index in [2.05, 4.69) is 5.32 Å². The molecule has 0 fully saturated rings. The highest BCUT2D eigenvalue weighted by atomic mass is 32.1. The van der Waals surface area contributed by atoms with Gasteiger partial charge < -0.3 is 28.7 Å². The summed E-state index contributed by atoms with van der Waals surface area (Å²) in [7, 11) is 0. The Morgan fingerprint density at radius 3 is 2.76 bits per heavy atom. The first-order valence-electron chi connectivity index (χ1n) is 11.3. The Morgan fingerprint density at radius 1 is 1.09 bits per heavy atom. The number of carbonyl (C=O) groups is 2. The molecule has 3 heterocycles. The Bertz CT molecular complexity index is 1230. The number of rotatable bonds is 7. The van der Waals surface area contributed by atoms with Gasteiger partial charge in [-0.1, -0.05) is 0 Å². The highest BCUT2D eigenvalue weighted by Gasteiger charge is 2.28. The second-order valence-electron chi connectivity index (χ2n) is 8.39. The van der Waals surface area contributed by atoms with E-state index in [1.165, 1.54) is 11.3 Å². The standard InChI is InChI=1S/C25H25NO7S/c1-14(2)32-25(28)22-17-5-3-4-6-21(17)34-24(22)26-23(27)19-10-8-16(33-19)12-29-15-7-9-18-20(11-15)31-13-30-18/h7-11,14H,3-6,12-13H2,1-2H3,(H,26,27). The van der Waals surface area contributed by atoms with Gasteiger partial charge in [-0.25, -0.2) is 4.79 Å². The Morgan fingerprint density at radius 2 is 1.91 bits per heavy atom. The molecule has 1 aliphatic heterocycles. The van der Waals surface area contributed by atoms with Gasteiger partial charge in [-0.05, 0) is 69.4 Å². The highest BCUT2D eigenvalue weighted by molar-refractivity contribution is 7.17. The van der Waals surface area contributed by atoms with Crippen molar-refractivity contribution < 1.29 is 33.0 Å². The number of ether oxygens (including phenoxy) is 4. The number of nitrogens with one attached hydrogen (secondary N) is 1. The van der Waals surface area contributed by atoms with Gasteiger partial charge in [0.1, 0.15) is 23.1 Å². The third-order valence-corrected chi connectivity index (χ3v) is 6.76. The van der Waals surface area contributed by atoms with E-state index in [0.29, 0.717) is 33.6 Å². The molecule has 1 N–H and O–H groups in total. The first-order chi connectivity index (χ1) is 16.5. The molecule has 1 aromatic carbocycles. The van der Waals surface area contributed by atoms with Crippen molar-refractivity contribution in [3.63, 3.8) is 0 Å². The summed E-state index contributed by atoms with van der Waals surface area (Å²) in [6.45, 7) is 3.96. The molecular formula is C25H25NO7S. The molecule has 1 amide bonds. The number of aryl methyl sites for hydroxylation is 1.